The third-order valence-corrected chi connectivity index (χ3v) is 6.61. The molecule has 1 unspecified atom stereocenters. The fraction of sp³-hybridized carbons (Fsp3) is 0.824. The van der Waals surface area contributed by atoms with Gasteiger partial charge in [0.05, 0.1) is 5.69 Å². The zero-order chi connectivity index (χ0) is 13.3. The molecule has 4 bridgehead atoms. The zero-order valence-electron chi connectivity index (χ0n) is 12.2. The van der Waals surface area contributed by atoms with E-state index in [1.54, 1.807) is 0 Å². The molecule has 0 saturated heterocycles. The van der Waals surface area contributed by atoms with Crippen LogP contribution in [0.4, 0.5) is 0 Å². The molecule has 1 aromatic rings. The number of hydrogen-bond acceptors (Lipinski definition) is 2. The van der Waals surface area contributed by atoms with Crippen molar-refractivity contribution in [2.75, 3.05) is 0 Å². The highest BCUT2D eigenvalue weighted by molar-refractivity contribution is 5.23. The lowest BCUT2D eigenvalue weighted by atomic mass is 9.49. The number of hydrogen-bond donors (Lipinski definition) is 1. The molecule has 5 aliphatic rings. The van der Waals surface area contributed by atoms with E-state index in [9.17, 15) is 0 Å². The molecule has 108 valence electrons. The van der Waals surface area contributed by atoms with Gasteiger partial charge in [-0.15, -0.1) is 0 Å². The minimum Gasteiger partial charge on any atom is -0.333 e. The Morgan fingerprint density at radius 3 is 2.40 bits per heavy atom. The summed E-state index contributed by atoms with van der Waals surface area (Å²) in [4.78, 5) is 5.08. The molecule has 20 heavy (non-hydrogen) atoms. The minimum absolute atomic E-state index is 0.334. The Balaban J connectivity index is 1.53. The van der Waals surface area contributed by atoms with Gasteiger partial charge in [0, 0.05) is 30.6 Å². The fourth-order valence-electron chi connectivity index (χ4n) is 6.15. The van der Waals surface area contributed by atoms with Crippen molar-refractivity contribution in [2.45, 2.75) is 69.4 Å². The van der Waals surface area contributed by atoms with Crippen LogP contribution in [-0.2, 0) is 18.4 Å². The van der Waals surface area contributed by atoms with Gasteiger partial charge in [-0.05, 0) is 62.7 Å². The minimum atomic E-state index is 0.334. The molecule has 3 nitrogen and oxygen atoms in total. The maximum absolute atomic E-state index is 6.12. The van der Waals surface area contributed by atoms with Crippen LogP contribution in [0, 0.1) is 17.8 Å². The Hall–Kier alpha value is -0.830. The van der Waals surface area contributed by atoms with Crippen molar-refractivity contribution in [1.29, 1.82) is 0 Å². The van der Waals surface area contributed by atoms with Crippen LogP contribution in [0.15, 0.2) is 6.20 Å². The average Bonchev–Trinajstić information content (AvgIpc) is 2.80. The Kier molecular flexibility index (Phi) is 2.29. The highest BCUT2D eigenvalue weighted by atomic mass is 15.1. The summed E-state index contributed by atoms with van der Waals surface area (Å²) in [6, 6.07) is 0.334. The van der Waals surface area contributed by atoms with Crippen LogP contribution in [0.2, 0.25) is 0 Å². The van der Waals surface area contributed by atoms with Crippen LogP contribution in [0.5, 0.6) is 0 Å². The molecule has 2 N–H and O–H groups in total. The van der Waals surface area contributed by atoms with Crippen LogP contribution in [0.3, 0.4) is 0 Å². The molecule has 1 aromatic heterocycles. The first-order chi connectivity index (χ1) is 9.70. The van der Waals surface area contributed by atoms with Gasteiger partial charge in [-0.25, -0.2) is 4.98 Å². The van der Waals surface area contributed by atoms with Crippen LogP contribution in [0.1, 0.15) is 56.5 Å². The monoisotopic (exact) mass is 271 g/mol. The van der Waals surface area contributed by atoms with Gasteiger partial charge >= 0.3 is 0 Å². The summed E-state index contributed by atoms with van der Waals surface area (Å²) < 4.78 is 2.36. The van der Waals surface area contributed by atoms with Crippen molar-refractivity contribution in [3.8, 4) is 0 Å². The second kappa shape index (κ2) is 3.88. The van der Waals surface area contributed by atoms with Crippen LogP contribution in [-0.4, -0.2) is 15.6 Å². The molecule has 2 heterocycles. The zero-order valence-corrected chi connectivity index (χ0v) is 12.2. The summed E-state index contributed by atoms with van der Waals surface area (Å²) in [7, 11) is 0. The van der Waals surface area contributed by atoms with E-state index in [4.69, 9.17) is 10.7 Å². The van der Waals surface area contributed by atoms with Gasteiger partial charge in [0.25, 0.3) is 0 Å². The summed E-state index contributed by atoms with van der Waals surface area (Å²) in [5, 5.41) is 0. The lowest BCUT2D eigenvalue weighted by Crippen LogP contribution is -2.48. The normalized spacial score (nSPS) is 45.6. The van der Waals surface area contributed by atoms with Crippen molar-refractivity contribution >= 4 is 0 Å². The SMILES string of the molecule is NC1CCc2nc(C34CC5CC(CC(C5)C3)C4)cn2C1. The lowest BCUT2D eigenvalue weighted by molar-refractivity contribution is -0.00709. The standard InChI is InChI=1S/C17H25N3/c18-14-1-2-16-19-15(10-20(16)9-14)17-6-11-3-12(7-17)5-13(4-11)8-17/h10-14H,1-9,18H2. The Morgan fingerprint density at radius 2 is 1.75 bits per heavy atom. The van der Waals surface area contributed by atoms with E-state index >= 15 is 0 Å². The Bertz CT molecular complexity index is 509. The van der Waals surface area contributed by atoms with E-state index in [0.717, 1.165) is 37.1 Å². The van der Waals surface area contributed by atoms with Gasteiger partial charge < -0.3 is 10.3 Å². The van der Waals surface area contributed by atoms with Gasteiger partial charge in [0.15, 0.2) is 0 Å². The van der Waals surface area contributed by atoms with Crippen molar-refractivity contribution in [1.82, 2.24) is 9.55 Å². The molecular formula is C17H25N3. The summed E-state index contributed by atoms with van der Waals surface area (Å²) >= 11 is 0. The van der Waals surface area contributed by atoms with E-state index in [2.05, 4.69) is 10.8 Å². The smallest absolute Gasteiger partial charge is 0.109 e. The summed E-state index contributed by atoms with van der Waals surface area (Å²) in [5.74, 6) is 4.31. The number of nitrogens with zero attached hydrogens (tertiary/aromatic N) is 2. The third-order valence-electron chi connectivity index (χ3n) is 6.61. The van der Waals surface area contributed by atoms with Crippen molar-refractivity contribution in [3.05, 3.63) is 17.7 Å². The molecule has 1 atom stereocenters. The highest BCUT2D eigenvalue weighted by Crippen LogP contribution is 2.60. The number of imidazole rings is 1. The second-order valence-corrected chi connectivity index (χ2v) is 8.19. The molecule has 1 aliphatic heterocycles. The molecule has 0 amide bonds. The van der Waals surface area contributed by atoms with E-state index in [1.165, 1.54) is 50.0 Å². The van der Waals surface area contributed by atoms with Crippen LogP contribution >= 0.6 is 0 Å². The lowest BCUT2D eigenvalue weighted by Gasteiger charge is -2.56. The quantitative estimate of drug-likeness (QED) is 0.853. The molecule has 6 rings (SSSR count). The Morgan fingerprint density at radius 1 is 1.10 bits per heavy atom. The van der Waals surface area contributed by atoms with E-state index < -0.39 is 0 Å². The average molecular weight is 271 g/mol. The number of aromatic nitrogens is 2. The van der Waals surface area contributed by atoms with Gasteiger partial charge in [-0.3, -0.25) is 0 Å². The largest absolute Gasteiger partial charge is 0.333 e. The number of aryl methyl sites for hydroxylation is 1. The maximum atomic E-state index is 6.12. The topological polar surface area (TPSA) is 43.8 Å². The van der Waals surface area contributed by atoms with Crippen molar-refractivity contribution in [3.63, 3.8) is 0 Å². The molecule has 3 heteroatoms. The van der Waals surface area contributed by atoms with E-state index in [-0.39, 0.29) is 0 Å². The number of rotatable bonds is 1. The molecule has 0 spiro atoms. The molecule has 4 fully saturated rings. The van der Waals surface area contributed by atoms with Gasteiger partial charge in [0.1, 0.15) is 5.82 Å². The molecular weight excluding hydrogens is 246 g/mol. The van der Waals surface area contributed by atoms with E-state index in [1.807, 2.05) is 0 Å². The first-order valence-corrected chi connectivity index (χ1v) is 8.52. The number of nitrogens with two attached hydrogens (primary N) is 1. The number of fused-ring (bicyclic) bond motifs is 1. The van der Waals surface area contributed by atoms with Crippen LogP contribution in [0.25, 0.3) is 0 Å². The molecule has 4 aliphatic carbocycles. The summed E-state index contributed by atoms with van der Waals surface area (Å²) in [6.07, 6.45) is 13.4. The maximum Gasteiger partial charge on any atom is 0.109 e. The molecule has 0 aromatic carbocycles. The summed E-state index contributed by atoms with van der Waals surface area (Å²) in [6.45, 7) is 0.981. The Labute approximate surface area is 120 Å². The van der Waals surface area contributed by atoms with Gasteiger partial charge in [0.2, 0.25) is 0 Å². The van der Waals surface area contributed by atoms with Gasteiger partial charge in [-0.1, -0.05) is 0 Å². The fourth-order valence-corrected chi connectivity index (χ4v) is 6.15. The predicted molar refractivity (Wildman–Crippen MR) is 78.4 cm³/mol. The predicted octanol–water partition coefficient (Wildman–Crippen LogP) is 2.62. The first-order valence-electron chi connectivity index (χ1n) is 8.52. The van der Waals surface area contributed by atoms with E-state index in [0.29, 0.717) is 11.5 Å². The highest BCUT2D eigenvalue weighted by Gasteiger charge is 2.52. The van der Waals surface area contributed by atoms with Gasteiger partial charge in [-0.2, -0.15) is 0 Å². The second-order valence-electron chi connectivity index (χ2n) is 8.19. The summed E-state index contributed by atoms with van der Waals surface area (Å²) in [5.41, 5.74) is 8.00. The van der Waals surface area contributed by atoms with Crippen molar-refractivity contribution < 1.29 is 0 Å². The van der Waals surface area contributed by atoms with Crippen LogP contribution < -0.4 is 5.73 Å². The molecule has 4 saturated carbocycles. The third kappa shape index (κ3) is 1.59. The van der Waals surface area contributed by atoms with Crippen molar-refractivity contribution in [2.24, 2.45) is 23.5 Å². The molecule has 0 radical (unpaired) electrons. The first kappa shape index (κ1) is 11.8.